The van der Waals surface area contributed by atoms with Crippen LogP contribution in [-0.4, -0.2) is 43.3 Å². The number of nitrogens with zero attached hydrogens (tertiary/aromatic N) is 1. The fraction of sp³-hybridized carbons (Fsp3) is 1.00. The van der Waals surface area contributed by atoms with Gasteiger partial charge in [-0.2, -0.15) is 0 Å². The lowest BCUT2D eigenvalue weighted by Gasteiger charge is -2.39. The van der Waals surface area contributed by atoms with E-state index in [1.54, 1.807) is 0 Å². The minimum absolute atomic E-state index is 0.360. The lowest BCUT2D eigenvalue weighted by atomic mass is 9.84. The summed E-state index contributed by atoms with van der Waals surface area (Å²) in [6.45, 7) is 8.88. The van der Waals surface area contributed by atoms with E-state index in [1.807, 2.05) is 0 Å². The summed E-state index contributed by atoms with van der Waals surface area (Å²) in [6, 6.07) is 0.409. The Bertz CT molecular complexity index is 238. The normalized spacial score (nSPS) is 36.5. The third-order valence-corrected chi connectivity index (χ3v) is 4.68. The van der Waals surface area contributed by atoms with Gasteiger partial charge in [0.2, 0.25) is 0 Å². The molecule has 2 atom stereocenters. The molecule has 0 aromatic carbocycles. The van der Waals surface area contributed by atoms with Crippen molar-refractivity contribution < 1.29 is 4.74 Å². The molecule has 0 amide bonds. The Hall–Kier alpha value is -0.120. The van der Waals surface area contributed by atoms with Crippen LogP contribution in [0.25, 0.3) is 0 Å². The zero-order chi connectivity index (χ0) is 12.3. The van der Waals surface area contributed by atoms with Gasteiger partial charge in [0.15, 0.2) is 0 Å². The molecule has 0 radical (unpaired) electrons. The average Bonchev–Trinajstić information content (AvgIpc) is 2.62. The Morgan fingerprint density at radius 3 is 2.53 bits per heavy atom. The van der Waals surface area contributed by atoms with Gasteiger partial charge in [-0.1, -0.05) is 13.3 Å². The Kier molecular flexibility index (Phi) is 4.45. The molecule has 1 saturated carbocycles. The Morgan fingerprint density at radius 1 is 1.29 bits per heavy atom. The molecule has 2 rings (SSSR count). The van der Waals surface area contributed by atoms with E-state index in [-0.39, 0.29) is 0 Å². The molecule has 2 aliphatic rings. The summed E-state index contributed by atoms with van der Waals surface area (Å²) in [5.74, 6) is 0. The highest BCUT2D eigenvalue weighted by Crippen LogP contribution is 2.37. The second kappa shape index (κ2) is 5.68. The van der Waals surface area contributed by atoms with Crippen LogP contribution in [0.3, 0.4) is 0 Å². The van der Waals surface area contributed by atoms with Crippen LogP contribution in [0.2, 0.25) is 0 Å². The molecule has 0 aromatic rings. The van der Waals surface area contributed by atoms with Crippen molar-refractivity contribution in [1.29, 1.82) is 0 Å². The quantitative estimate of drug-likeness (QED) is 0.817. The summed E-state index contributed by atoms with van der Waals surface area (Å²) in [5, 5.41) is 0. The maximum atomic E-state index is 6.25. The van der Waals surface area contributed by atoms with Crippen molar-refractivity contribution in [3.63, 3.8) is 0 Å². The summed E-state index contributed by atoms with van der Waals surface area (Å²) < 4.78 is 5.70. The molecule has 1 saturated heterocycles. The summed E-state index contributed by atoms with van der Waals surface area (Å²) in [6.07, 6.45) is 6.72. The van der Waals surface area contributed by atoms with Crippen LogP contribution < -0.4 is 5.73 Å². The average molecular weight is 240 g/mol. The highest BCUT2D eigenvalue weighted by Gasteiger charge is 2.38. The molecule has 17 heavy (non-hydrogen) atoms. The van der Waals surface area contributed by atoms with Gasteiger partial charge in [0.25, 0.3) is 0 Å². The molecule has 2 unspecified atom stereocenters. The van der Waals surface area contributed by atoms with Crippen molar-refractivity contribution in [3.05, 3.63) is 0 Å². The van der Waals surface area contributed by atoms with E-state index in [9.17, 15) is 0 Å². The summed E-state index contributed by atoms with van der Waals surface area (Å²) in [5.41, 5.74) is 6.61. The molecule has 1 aliphatic carbocycles. The van der Waals surface area contributed by atoms with Crippen LogP contribution in [-0.2, 0) is 4.74 Å². The van der Waals surface area contributed by atoms with Gasteiger partial charge in [-0.05, 0) is 38.0 Å². The van der Waals surface area contributed by atoms with E-state index in [2.05, 4.69) is 18.7 Å². The van der Waals surface area contributed by atoms with Crippen molar-refractivity contribution in [3.8, 4) is 0 Å². The highest BCUT2D eigenvalue weighted by molar-refractivity contribution is 4.94. The molecular weight excluding hydrogens is 212 g/mol. The van der Waals surface area contributed by atoms with Crippen molar-refractivity contribution in [2.75, 3.05) is 26.2 Å². The maximum Gasteiger partial charge on any atom is 0.0599 e. The van der Waals surface area contributed by atoms with Gasteiger partial charge in [0.1, 0.15) is 0 Å². The van der Waals surface area contributed by atoms with Gasteiger partial charge in [-0.15, -0.1) is 0 Å². The van der Waals surface area contributed by atoms with Crippen LogP contribution in [0.1, 0.15) is 46.0 Å². The van der Waals surface area contributed by atoms with E-state index in [4.69, 9.17) is 10.5 Å². The topological polar surface area (TPSA) is 38.5 Å². The van der Waals surface area contributed by atoms with E-state index < -0.39 is 0 Å². The summed E-state index contributed by atoms with van der Waals surface area (Å²) in [4.78, 5) is 2.60. The molecule has 2 N–H and O–H groups in total. The lowest BCUT2D eigenvalue weighted by Crippen LogP contribution is -2.47. The van der Waals surface area contributed by atoms with Crippen LogP contribution in [0.5, 0.6) is 0 Å². The van der Waals surface area contributed by atoms with Crippen molar-refractivity contribution in [1.82, 2.24) is 4.90 Å². The molecule has 2 fully saturated rings. The molecule has 1 heterocycles. The first-order valence-corrected chi connectivity index (χ1v) is 7.23. The minimum Gasteiger partial charge on any atom is -0.378 e. The number of nitrogens with two attached hydrogens (primary N) is 1. The fourth-order valence-electron chi connectivity index (χ4n) is 3.44. The predicted octanol–water partition coefficient (Wildman–Crippen LogP) is 2.00. The first-order chi connectivity index (χ1) is 8.14. The Balaban J connectivity index is 1.78. The van der Waals surface area contributed by atoms with E-state index >= 15 is 0 Å². The van der Waals surface area contributed by atoms with E-state index in [0.29, 0.717) is 17.6 Å². The molecule has 3 heteroatoms. The number of hydrogen-bond donors (Lipinski definition) is 1. The van der Waals surface area contributed by atoms with E-state index in [1.165, 1.54) is 51.7 Å². The van der Waals surface area contributed by atoms with Gasteiger partial charge >= 0.3 is 0 Å². The molecule has 3 nitrogen and oxygen atoms in total. The van der Waals surface area contributed by atoms with E-state index in [0.717, 1.165) is 6.61 Å². The maximum absolute atomic E-state index is 6.25. The van der Waals surface area contributed by atoms with Gasteiger partial charge in [-0.3, -0.25) is 0 Å². The van der Waals surface area contributed by atoms with Crippen LogP contribution in [0.15, 0.2) is 0 Å². The van der Waals surface area contributed by atoms with Gasteiger partial charge in [0, 0.05) is 32.3 Å². The Labute approximate surface area is 106 Å². The van der Waals surface area contributed by atoms with Crippen LogP contribution in [0, 0.1) is 5.41 Å². The molecule has 0 bridgehead atoms. The molecule has 0 aromatic heterocycles. The first-order valence-electron chi connectivity index (χ1n) is 7.23. The van der Waals surface area contributed by atoms with Gasteiger partial charge < -0.3 is 15.4 Å². The second-order valence-electron chi connectivity index (χ2n) is 6.08. The number of hydrogen-bond acceptors (Lipinski definition) is 3. The molecule has 0 spiro atoms. The summed E-state index contributed by atoms with van der Waals surface area (Å²) in [7, 11) is 0. The summed E-state index contributed by atoms with van der Waals surface area (Å²) >= 11 is 0. The second-order valence-corrected chi connectivity index (χ2v) is 6.08. The zero-order valence-corrected chi connectivity index (χ0v) is 11.5. The van der Waals surface area contributed by atoms with Gasteiger partial charge in [0.05, 0.1) is 6.10 Å². The third-order valence-electron chi connectivity index (χ3n) is 4.68. The number of likely N-dealkylation sites (tertiary alicyclic amines) is 1. The molecule has 100 valence electrons. The number of rotatable bonds is 4. The largest absolute Gasteiger partial charge is 0.378 e. The smallest absolute Gasteiger partial charge is 0.0599 e. The van der Waals surface area contributed by atoms with Gasteiger partial charge in [-0.25, -0.2) is 0 Å². The van der Waals surface area contributed by atoms with Crippen molar-refractivity contribution in [2.24, 2.45) is 11.1 Å². The van der Waals surface area contributed by atoms with Crippen molar-refractivity contribution in [2.45, 2.75) is 58.1 Å². The number of piperidine rings is 1. The minimum atomic E-state index is 0.360. The first kappa shape index (κ1) is 13.3. The monoisotopic (exact) mass is 240 g/mol. The Morgan fingerprint density at radius 2 is 2.00 bits per heavy atom. The molecule has 1 aliphatic heterocycles. The van der Waals surface area contributed by atoms with Crippen molar-refractivity contribution >= 4 is 0 Å². The predicted molar refractivity (Wildman–Crippen MR) is 71.0 cm³/mol. The number of ether oxygens (including phenoxy) is 1. The fourth-order valence-corrected chi connectivity index (χ4v) is 3.44. The standard InChI is InChI=1S/C14H28N2O/c1-3-17-12-6-9-16(10-7-12)11-14(2)8-4-5-13(14)15/h12-13H,3-11,15H2,1-2H3. The van der Waals surface area contributed by atoms with Crippen LogP contribution >= 0.6 is 0 Å². The van der Waals surface area contributed by atoms with Crippen LogP contribution in [0.4, 0.5) is 0 Å². The molecular formula is C14H28N2O. The highest BCUT2D eigenvalue weighted by atomic mass is 16.5. The third kappa shape index (κ3) is 3.21. The zero-order valence-electron chi connectivity index (χ0n) is 11.5. The SMILES string of the molecule is CCOC1CCN(CC2(C)CCCC2N)CC1. The lowest BCUT2D eigenvalue weighted by molar-refractivity contribution is 0.00452.